The first-order chi connectivity index (χ1) is 15.0. The maximum atomic E-state index is 14.5. The molecule has 3 rings (SSSR count). The number of unbranched alkanes of at least 4 members (excludes halogenated alkanes) is 2. The zero-order valence-corrected chi connectivity index (χ0v) is 16.9. The molecular weight excluding hydrogens is 409 g/mol. The standard InChI is InChI=1S/C23H21F3N2O3/c1-2-3-4-5-15-13-27-21(28-14-15)22(29)30-18-10-11-19(20(24)12-18)16-6-8-17(9-7-16)31-23(25)26/h6-14,23H,2-5H2,1H3. The first-order valence-electron chi connectivity index (χ1n) is 9.84. The van der Waals surface area contributed by atoms with Crippen LogP contribution in [0.3, 0.4) is 0 Å². The van der Waals surface area contributed by atoms with Crippen LogP contribution in [0.4, 0.5) is 13.2 Å². The fraction of sp³-hybridized carbons (Fsp3) is 0.261. The Hall–Kier alpha value is -3.42. The van der Waals surface area contributed by atoms with Crippen molar-refractivity contribution in [1.82, 2.24) is 9.97 Å². The molecule has 0 radical (unpaired) electrons. The number of carbonyl (C=O) groups excluding carboxylic acids is 1. The van der Waals surface area contributed by atoms with Gasteiger partial charge >= 0.3 is 12.6 Å². The minimum absolute atomic E-state index is 0.000439. The average molecular weight is 430 g/mol. The van der Waals surface area contributed by atoms with E-state index in [1.807, 2.05) is 0 Å². The monoisotopic (exact) mass is 430 g/mol. The van der Waals surface area contributed by atoms with E-state index in [4.69, 9.17) is 4.74 Å². The number of carbonyl (C=O) groups is 1. The Bertz CT molecular complexity index is 1010. The van der Waals surface area contributed by atoms with Gasteiger partial charge in [0.05, 0.1) is 0 Å². The number of rotatable bonds is 9. The van der Waals surface area contributed by atoms with Gasteiger partial charge < -0.3 is 9.47 Å². The number of nitrogens with zero attached hydrogens (tertiary/aromatic N) is 2. The molecule has 5 nitrogen and oxygen atoms in total. The van der Waals surface area contributed by atoms with Crippen LogP contribution in [-0.4, -0.2) is 22.5 Å². The summed E-state index contributed by atoms with van der Waals surface area (Å²) in [7, 11) is 0. The lowest BCUT2D eigenvalue weighted by molar-refractivity contribution is -0.0498. The van der Waals surface area contributed by atoms with Crippen molar-refractivity contribution < 1.29 is 27.4 Å². The molecule has 162 valence electrons. The van der Waals surface area contributed by atoms with E-state index >= 15 is 0 Å². The highest BCUT2D eigenvalue weighted by atomic mass is 19.3. The Kier molecular flexibility index (Phi) is 7.59. The fourth-order valence-corrected chi connectivity index (χ4v) is 2.93. The van der Waals surface area contributed by atoms with Gasteiger partial charge in [0.15, 0.2) is 0 Å². The molecule has 2 aromatic carbocycles. The van der Waals surface area contributed by atoms with Gasteiger partial charge in [-0.1, -0.05) is 31.9 Å². The van der Waals surface area contributed by atoms with Gasteiger partial charge in [0.25, 0.3) is 0 Å². The Morgan fingerprint density at radius 2 is 1.68 bits per heavy atom. The summed E-state index contributed by atoms with van der Waals surface area (Å²) in [6.45, 7) is -0.815. The van der Waals surface area contributed by atoms with Crippen LogP contribution in [0.2, 0.25) is 0 Å². The van der Waals surface area contributed by atoms with Gasteiger partial charge in [-0.25, -0.2) is 19.2 Å². The maximum absolute atomic E-state index is 14.5. The average Bonchev–Trinajstić information content (AvgIpc) is 2.75. The quantitative estimate of drug-likeness (QED) is 0.243. The second-order valence-electron chi connectivity index (χ2n) is 6.81. The smallest absolute Gasteiger partial charge is 0.387 e. The van der Waals surface area contributed by atoms with Gasteiger partial charge in [0, 0.05) is 24.0 Å². The van der Waals surface area contributed by atoms with Gasteiger partial charge in [0.2, 0.25) is 5.82 Å². The summed E-state index contributed by atoms with van der Waals surface area (Å²) in [4.78, 5) is 20.3. The molecule has 8 heteroatoms. The van der Waals surface area contributed by atoms with Crippen molar-refractivity contribution >= 4 is 5.97 Å². The Balaban J connectivity index is 1.65. The first-order valence-corrected chi connectivity index (χ1v) is 9.84. The van der Waals surface area contributed by atoms with Crippen LogP contribution in [0, 0.1) is 5.82 Å². The molecule has 0 N–H and O–H groups in total. The van der Waals surface area contributed by atoms with Crippen LogP contribution in [0.25, 0.3) is 11.1 Å². The van der Waals surface area contributed by atoms with E-state index in [0.29, 0.717) is 5.56 Å². The number of halogens is 3. The van der Waals surface area contributed by atoms with E-state index < -0.39 is 18.4 Å². The van der Waals surface area contributed by atoms with Crippen LogP contribution < -0.4 is 9.47 Å². The van der Waals surface area contributed by atoms with Crippen LogP contribution in [0.15, 0.2) is 54.9 Å². The third kappa shape index (κ3) is 6.28. The SMILES string of the molecule is CCCCCc1cnc(C(=O)Oc2ccc(-c3ccc(OC(F)F)cc3)c(F)c2)nc1. The van der Waals surface area contributed by atoms with E-state index in [0.717, 1.165) is 37.3 Å². The zero-order chi connectivity index (χ0) is 22.2. The number of benzene rings is 2. The number of hydrogen-bond donors (Lipinski definition) is 0. The lowest BCUT2D eigenvalue weighted by Gasteiger charge is -2.09. The van der Waals surface area contributed by atoms with Crippen molar-refractivity contribution in [1.29, 1.82) is 0 Å². The van der Waals surface area contributed by atoms with E-state index in [9.17, 15) is 18.0 Å². The highest BCUT2D eigenvalue weighted by Crippen LogP contribution is 2.28. The molecule has 0 aliphatic heterocycles. The van der Waals surface area contributed by atoms with E-state index in [2.05, 4.69) is 21.6 Å². The van der Waals surface area contributed by atoms with Crippen LogP contribution >= 0.6 is 0 Å². The Morgan fingerprint density at radius 1 is 1.00 bits per heavy atom. The summed E-state index contributed by atoms with van der Waals surface area (Å²) in [6, 6.07) is 9.47. The largest absolute Gasteiger partial charge is 0.435 e. The summed E-state index contributed by atoms with van der Waals surface area (Å²) in [5.41, 5.74) is 1.61. The molecule has 0 aliphatic rings. The molecular formula is C23H21F3N2O3. The molecule has 0 spiro atoms. The number of alkyl halides is 2. The summed E-state index contributed by atoms with van der Waals surface area (Å²) >= 11 is 0. The minimum atomic E-state index is -2.93. The Labute approximate surface area is 177 Å². The van der Waals surface area contributed by atoms with Crippen molar-refractivity contribution in [3.63, 3.8) is 0 Å². The third-order valence-corrected chi connectivity index (χ3v) is 4.50. The van der Waals surface area contributed by atoms with E-state index in [1.54, 1.807) is 12.4 Å². The normalized spacial score (nSPS) is 10.9. The summed E-state index contributed by atoms with van der Waals surface area (Å²) in [5.74, 6) is -1.57. The molecule has 3 aromatic rings. The summed E-state index contributed by atoms with van der Waals surface area (Å²) in [6.07, 6.45) is 7.26. The molecule has 0 aliphatic carbocycles. The molecule has 0 unspecified atom stereocenters. The van der Waals surface area contributed by atoms with Crippen molar-refractivity contribution in [3.8, 4) is 22.6 Å². The molecule has 0 atom stereocenters. The molecule has 0 fully saturated rings. The maximum Gasteiger partial charge on any atom is 0.387 e. The molecule has 1 aromatic heterocycles. The molecule has 0 saturated carbocycles. The van der Waals surface area contributed by atoms with Crippen molar-refractivity contribution in [2.24, 2.45) is 0 Å². The van der Waals surface area contributed by atoms with Gasteiger partial charge in [0.1, 0.15) is 17.3 Å². The van der Waals surface area contributed by atoms with Gasteiger partial charge in [-0.15, -0.1) is 0 Å². The molecule has 1 heterocycles. The zero-order valence-electron chi connectivity index (χ0n) is 16.9. The van der Waals surface area contributed by atoms with Crippen LogP contribution in [-0.2, 0) is 6.42 Å². The third-order valence-electron chi connectivity index (χ3n) is 4.50. The predicted octanol–water partition coefficient (Wildman–Crippen LogP) is 5.84. The number of esters is 1. The molecule has 0 bridgehead atoms. The number of ether oxygens (including phenoxy) is 2. The molecule has 0 saturated heterocycles. The number of hydrogen-bond acceptors (Lipinski definition) is 5. The lowest BCUT2D eigenvalue weighted by Crippen LogP contribution is -2.13. The molecule has 0 amide bonds. The number of aromatic nitrogens is 2. The van der Waals surface area contributed by atoms with Gasteiger partial charge in [-0.2, -0.15) is 8.78 Å². The van der Waals surface area contributed by atoms with Crippen molar-refractivity contribution in [3.05, 3.63) is 72.1 Å². The molecule has 31 heavy (non-hydrogen) atoms. The van der Waals surface area contributed by atoms with E-state index in [1.165, 1.54) is 36.4 Å². The fourth-order valence-electron chi connectivity index (χ4n) is 2.93. The number of aryl methyl sites for hydroxylation is 1. The lowest BCUT2D eigenvalue weighted by atomic mass is 10.0. The van der Waals surface area contributed by atoms with Crippen LogP contribution in [0.5, 0.6) is 11.5 Å². The first kappa shape index (κ1) is 22.3. The van der Waals surface area contributed by atoms with Crippen LogP contribution in [0.1, 0.15) is 42.4 Å². The highest BCUT2D eigenvalue weighted by molar-refractivity contribution is 5.87. The van der Waals surface area contributed by atoms with Crippen molar-refractivity contribution in [2.75, 3.05) is 0 Å². The second-order valence-corrected chi connectivity index (χ2v) is 6.81. The Morgan fingerprint density at radius 3 is 2.29 bits per heavy atom. The van der Waals surface area contributed by atoms with Crippen molar-refractivity contribution in [2.45, 2.75) is 39.2 Å². The second kappa shape index (κ2) is 10.6. The predicted molar refractivity (Wildman–Crippen MR) is 109 cm³/mol. The minimum Gasteiger partial charge on any atom is -0.435 e. The summed E-state index contributed by atoms with van der Waals surface area (Å²) < 4.78 is 48.4. The van der Waals surface area contributed by atoms with Gasteiger partial charge in [-0.3, -0.25) is 0 Å². The topological polar surface area (TPSA) is 61.3 Å². The van der Waals surface area contributed by atoms with Gasteiger partial charge in [-0.05, 0) is 48.2 Å². The van der Waals surface area contributed by atoms with E-state index in [-0.39, 0.29) is 22.9 Å². The summed E-state index contributed by atoms with van der Waals surface area (Å²) in [5, 5.41) is 0. The highest BCUT2D eigenvalue weighted by Gasteiger charge is 2.14.